The van der Waals surface area contributed by atoms with E-state index in [-0.39, 0.29) is 6.61 Å². The van der Waals surface area contributed by atoms with Gasteiger partial charge in [0.25, 0.3) is 0 Å². The molecule has 0 fully saturated rings. The highest BCUT2D eigenvalue weighted by Crippen LogP contribution is 2.26. The lowest BCUT2D eigenvalue weighted by atomic mass is 10.2. The van der Waals surface area contributed by atoms with Gasteiger partial charge in [0.2, 0.25) is 0 Å². The van der Waals surface area contributed by atoms with E-state index in [2.05, 4.69) is 53.3 Å². The van der Waals surface area contributed by atoms with Gasteiger partial charge in [-0.1, -0.05) is 19.9 Å². The van der Waals surface area contributed by atoms with E-state index < -0.39 is 0 Å². The fraction of sp³-hybridized carbons (Fsp3) is 0.538. The van der Waals surface area contributed by atoms with Crippen LogP contribution in [-0.4, -0.2) is 31.3 Å². The Morgan fingerprint density at radius 2 is 2.12 bits per heavy atom. The van der Waals surface area contributed by atoms with Crippen molar-refractivity contribution in [3.05, 3.63) is 28.2 Å². The molecule has 0 aliphatic rings. The molecule has 0 amide bonds. The van der Waals surface area contributed by atoms with Gasteiger partial charge >= 0.3 is 0 Å². The summed E-state index contributed by atoms with van der Waals surface area (Å²) in [5.41, 5.74) is 2.36. The van der Waals surface area contributed by atoms with Crippen molar-refractivity contribution >= 4 is 21.6 Å². The third-order valence-electron chi connectivity index (χ3n) is 2.57. The van der Waals surface area contributed by atoms with Crippen molar-refractivity contribution in [1.29, 1.82) is 0 Å². The van der Waals surface area contributed by atoms with Crippen molar-refractivity contribution in [3.8, 4) is 0 Å². The van der Waals surface area contributed by atoms with E-state index in [0.717, 1.165) is 16.7 Å². The topological polar surface area (TPSA) is 35.5 Å². The average molecular weight is 301 g/mol. The van der Waals surface area contributed by atoms with E-state index in [0.29, 0.717) is 12.6 Å². The first kappa shape index (κ1) is 14.5. The average Bonchev–Trinajstić information content (AvgIpc) is 2.26. The van der Waals surface area contributed by atoms with Crippen LogP contribution < -0.4 is 10.2 Å². The summed E-state index contributed by atoms with van der Waals surface area (Å²) in [7, 11) is 1.97. The quantitative estimate of drug-likeness (QED) is 0.847. The molecule has 3 nitrogen and oxygen atoms in total. The van der Waals surface area contributed by atoms with Crippen LogP contribution in [0.5, 0.6) is 0 Å². The molecule has 96 valence electrons. The molecule has 2 N–H and O–H groups in total. The first-order chi connectivity index (χ1) is 8.04. The number of anilines is 1. The molecule has 0 heterocycles. The van der Waals surface area contributed by atoms with Crippen LogP contribution in [0.25, 0.3) is 0 Å². The lowest BCUT2D eigenvalue weighted by molar-refractivity contribution is 0.304. The van der Waals surface area contributed by atoms with Crippen LogP contribution in [0.15, 0.2) is 22.7 Å². The molecule has 0 radical (unpaired) electrons. The van der Waals surface area contributed by atoms with E-state index in [1.165, 1.54) is 5.56 Å². The fourth-order valence-corrected chi connectivity index (χ4v) is 2.29. The molecule has 0 saturated heterocycles. The van der Waals surface area contributed by atoms with Crippen LogP contribution in [-0.2, 0) is 6.54 Å². The standard InChI is InChI=1S/C13H21BrN2O/c1-10(2)15-9-11-4-5-13(12(14)8-11)16(3)6-7-17/h4-5,8,10,15,17H,6-7,9H2,1-3H3. The number of benzene rings is 1. The maximum absolute atomic E-state index is 8.92. The van der Waals surface area contributed by atoms with Crippen molar-refractivity contribution in [2.24, 2.45) is 0 Å². The Kier molecular flexibility index (Phi) is 5.95. The van der Waals surface area contributed by atoms with E-state index in [4.69, 9.17) is 5.11 Å². The summed E-state index contributed by atoms with van der Waals surface area (Å²) in [5.74, 6) is 0. The Bertz CT molecular complexity index is 355. The van der Waals surface area contributed by atoms with Crippen LogP contribution in [0.2, 0.25) is 0 Å². The minimum Gasteiger partial charge on any atom is -0.395 e. The second-order valence-corrected chi connectivity index (χ2v) is 5.32. The van der Waals surface area contributed by atoms with Crippen molar-refractivity contribution in [3.63, 3.8) is 0 Å². The molecular weight excluding hydrogens is 280 g/mol. The van der Waals surface area contributed by atoms with Crippen LogP contribution in [0.4, 0.5) is 5.69 Å². The van der Waals surface area contributed by atoms with E-state index in [1.807, 2.05) is 11.9 Å². The van der Waals surface area contributed by atoms with Gasteiger partial charge in [-0.2, -0.15) is 0 Å². The van der Waals surface area contributed by atoms with Gasteiger partial charge < -0.3 is 15.3 Å². The number of likely N-dealkylation sites (N-methyl/N-ethyl adjacent to an activating group) is 1. The first-order valence-electron chi connectivity index (χ1n) is 5.88. The van der Waals surface area contributed by atoms with Crippen molar-refractivity contribution < 1.29 is 5.11 Å². The van der Waals surface area contributed by atoms with Gasteiger partial charge in [0.15, 0.2) is 0 Å². The SMILES string of the molecule is CC(C)NCc1ccc(N(C)CCO)c(Br)c1. The van der Waals surface area contributed by atoms with Crippen LogP contribution in [0, 0.1) is 0 Å². The van der Waals surface area contributed by atoms with Crippen molar-refractivity contribution in [2.75, 3.05) is 25.1 Å². The van der Waals surface area contributed by atoms with E-state index in [9.17, 15) is 0 Å². The summed E-state index contributed by atoms with van der Waals surface area (Å²) >= 11 is 3.57. The number of nitrogens with one attached hydrogen (secondary N) is 1. The number of aliphatic hydroxyl groups excluding tert-OH is 1. The van der Waals surface area contributed by atoms with Crippen LogP contribution in [0.3, 0.4) is 0 Å². The first-order valence-corrected chi connectivity index (χ1v) is 6.67. The molecule has 0 aliphatic heterocycles. The molecule has 1 rings (SSSR count). The summed E-state index contributed by atoms with van der Waals surface area (Å²) in [4.78, 5) is 2.03. The summed E-state index contributed by atoms with van der Waals surface area (Å²) in [5, 5.41) is 12.3. The highest BCUT2D eigenvalue weighted by molar-refractivity contribution is 9.10. The van der Waals surface area contributed by atoms with Gasteiger partial charge in [0.05, 0.1) is 12.3 Å². The Balaban J connectivity index is 2.72. The molecule has 17 heavy (non-hydrogen) atoms. The van der Waals surface area contributed by atoms with Crippen molar-refractivity contribution in [1.82, 2.24) is 5.32 Å². The second-order valence-electron chi connectivity index (χ2n) is 4.47. The number of hydrogen-bond acceptors (Lipinski definition) is 3. The monoisotopic (exact) mass is 300 g/mol. The van der Waals surface area contributed by atoms with Gasteiger partial charge in [0, 0.05) is 30.7 Å². The highest BCUT2D eigenvalue weighted by atomic mass is 79.9. The maximum atomic E-state index is 8.92. The third-order valence-corrected chi connectivity index (χ3v) is 3.21. The Hall–Kier alpha value is -0.580. The Labute approximate surface area is 112 Å². The van der Waals surface area contributed by atoms with Crippen molar-refractivity contribution in [2.45, 2.75) is 26.4 Å². The minimum absolute atomic E-state index is 0.166. The molecule has 0 aromatic heterocycles. The number of aliphatic hydroxyl groups is 1. The lowest BCUT2D eigenvalue weighted by Crippen LogP contribution is -2.23. The van der Waals surface area contributed by atoms with Crippen LogP contribution >= 0.6 is 15.9 Å². The highest BCUT2D eigenvalue weighted by Gasteiger charge is 2.06. The summed E-state index contributed by atoms with van der Waals surface area (Å²) in [6.07, 6.45) is 0. The minimum atomic E-state index is 0.166. The molecular formula is C13H21BrN2O. The number of hydrogen-bond donors (Lipinski definition) is 2. The third kappa shape index (κ3) is 4.66. The zero-order chi connectivity index (χ0) is 12.8. The smallest absolute Gasteiger partial charge is 0.0606 e. The normalized spacial score (nSPS) is 10.9. The maximum Gasteiger partial charge on any atom is 0.0606 e. The second kappa shape index (κ2) is 6.99. The zero-order valence-corrected chi connectivity index (χ0v) is 12.3. The van der Waals surface area contributed by atoms with Gasteiger partial charge in [0.1, 0.15) is 0 Å². The van der Waals surface area contributed by atoms with Crippen LogP contribution in [0.1, 0.15) is 19.4 Å². The summed E-state index contributed by atoms with van der Waals surface area (Å²) in [6, 6.07) is 6.81. The zero-order valence-electron chi connectivity index (χ0n) is 10.7. The van der Waals surface area contributed by atoms with E-state index in [1.54, 1.807) is 0 Å². The number of nitrogens with zero attached hydrogens (tertiary/aromatic N) is 1. The van der Waals surface area contributed by atoms with Gasteiger partial charge in [-0.05, 0) is 33.6 Å². The molecule has 0 bridgehead atoms. The molecule has 4 heteroatoms. The lowest BCUT2D eigenvalue weighted by Gasteiger charge is -2.20. The Morgan fingerprint density at radius 3 is 2.65 bits per heavy atom. The number of rotatable bonds is 6. The molecule has 0 saturated carbocycles. The Morgan fingerprint density at radius 1 is 1.41 bits per heavy atom. The van der Waals surface area contributed by atoms with Gasteiger partial charge in [-0.3, -0.25) is 0 Å². The number of halogens is 1. The predicted molar refractivity (Wildman–Crippen MR) is 76.5 cm³/mol. The predicted octanol–water partition coefficient (Wildman–Crippen LogP) is 2.38. The summed E-state index contributed by atoms with van der Waals surface area (Å²) in [6.45, 7) is 5.96. The fourth-order valence-electron chi connectivity index (χ4n) is 1.56. The molecule has 0 aliphatic carbocycles. The molecule has 0 spiro atoms. The van der Waals surface area contributed by atoms with Gasteiger partial charge in [-0.15, -0.1) is 0 Å². The molecule has 0 unspecified atom stereocenters. The molecule has 1 aromatic rings. The largest absolute Gasteiger partial charge is 0.395 e. The summed E-state index contributed by atoms with van der Waals surface area (Å²) < 4.78 is 1.07. The van der Waals surface area contributed by atoms with Gasteiger partial charge in [-0.25, -0.2) is 0 Å². The molecule has 1 aromatic carbocycles. The molecule has 0 atom stereocenters. The van der Waals surface area contributed by atoms with E-state index >= 15 is 0 Å².